The number of nitrogens with zero attached hydrogens (tertiary/aromatic N) is 2. The van der Waals surface area contributed by atoms with E-state index in [9.17, 15) is 9.18 Å². The van der Waals surface area contributed by atoms with E-state index in [4.69, 9.17) is 4.74 Å². The summed E-state index contributed by atoms with van der Waals surface area (Å²) >= 11 is 0. The summed E-state index contributed by atoms with van der Waals surface area (Å²) in [5, 5.41) is 1.92. The molecule has 0 amide bonds. The molecule has 1 fully saturated rings. The standard InChI is InChI=1S/C21H19FN2O2/c22-16-5-7-17(8-6-16)26-18-9-11-24(12-10-18)21-20-4-2-1-3-19(20)15(14-25)13-23-21/h1-8,13-14,18H,9-12H2. The highest BCUT2D eigenvalue weighted by Crippen LogP contribution is 2.29. The highest BCUT2D eigenvalue weighted by Gasteiger charge is 2.23. The Bertz CT molecular complexity index is 919. The van der Waals surface area contributed by atoms with Crippen molar-refractivity contribution in [2.24, 2.45) is 0 Å². The van der Waals surface area contributed by atoms with Gasteiger partial charge in [-0.15, -0.1) is 0 Å². The molecule has 1 aromatic heterocycles. The zero-order chi connectivity index (χ0) is 17.9. The summed E-state index contributed by atoms with van der Waals surface area (Å²) in [6, 6.07) is 14.0. The van der Waals surface area contributed by atoms with Gasteiger partial charge in [0.05, 0.1) is 0 Å². The van der Waals surface area contributed by atoms with E-state index in [1.807, 2.05) is 24.3 Å². The van der Waals surface area contributed by atoms with Crippen LogP contribution in [-0.2, 0) is 0 Å². The van der Waals surface area contributed by atoms with Gasteiger partial charge in [-0.25, -0.2) is 9.37 Å². The van der Waals surface area contributed by atoms with Crippen molar-refractivity contribution >= 4 is 22.9 Å². The van der Waals surface area contributed by atoms with Crippen LogP contribution in [0.4, 0.5) is 10.2 Å². The third kappa shape index (κ3) is 3.25. The molecule has 26 heavy (non-hydrogen) atoms. The molecule has 1 aliphatic rings. The Morgan fingerprint density at radius 3 is 2.42 bits per heavy atom. The zero-order valence-electron chi connectivity index (χ0n) is 14.3. The lowest BCUT2D eigenvalue weighted by Crippen LogP contribution is -2.38. The second-order valence-corrected chi connectivity index (χ2v) is 6.46. The third-order valence-electron chi connectivity index (χ3n) is 4.79. The summed E-state index contributed by atoms with van der Waals surface area (Å²) in [5.41, 5.74) is 0.610. The Kier molecular flexibility index (Phi) is 4.52. The molecule has 0 spiro atoms. The topological polar surface area (TPSA) is 42.4 Å². The first kappa shape index (κ1) is 16.5. The molecule has 0 radical (unpaired) electrons. The maximum atomic E-state index is 13.0. The second-order valence-electron chi connectivity index (χ2n) is 6.46. The molecule has 2 aromatic carbocycles. The average molecular weight is 350 g/mol. The minimum atomic E-state index is -0.260. The van der Waals surface area contributed by atoms with E-state index in [0.717, 1.165) is 48.8 Å². The van der Waals surface area contributed by atoms with Crippen molar-refractivity contribution in [1.82, 2.24) is 4.98 Å². The zero-order valence-corrected chi connectivity index (χ0v) is 14.3. The normalized spacial score (nSPS) is 15.2. The molecular weight excluding hydrogens is 331 g/mol. The fraction of sp³-hybridized carbons (Fsp3) is 0.238. The quantitative estimate of drug-likeness (QED) is 0.660. The largest absolute Gasteiger partial charge is 0.490 e. The Balaban J connectivity index is 1.49. The molecule has 0 bridgehead atoms. The van der Waals surface area contributed by atoms with Gasteiger partial charge in [-0.3, -0.25) is 4.79 Å². The van der Waals surface area contributed by atoms with E-state index in [1.165, 1.54) is 12.1 Å². The maximum Gasteiger partial charge on any atom is 0.152 e. The molecule has 4 rings (SSSR count). The minimum Gasteiger partial charge on any atom is -0.490 e. The SMILES string of the molecule is O=Cc1cnc(N2CCC(Oc3ccc(F)cc3)CC2)c2ccccc12. The lowest BCUT2D eigenvalue weighted by Gasteiger charge is -2.33. The number of carbonyl (C=O) groups is 1. The van der Waals surface area contributed by atoms with Gasteiger partial charge in [0, 0.05) is 43.1 Å². The molecule has 1 aliphatic heterocycles. The lowest BCUT2D eigenvalue weighted by atomic mass is 10.0. The molecule has 0 unspecified atom stereocenters. The van der Waals surface area contributed by atoms with E-state index in [-0.39, 0.29) is 11.9 Å². The van der Waals surface area contributed by atoms with Gasteiger partial charge < -0.3 is 9.64 Å². The number of anilines is 1. The molecule has 0 saturated carbocycles. The molecule has 0 N–H and O–H groups in total. The monoisotopic (exact) mass is 350 g/mol. The number of rotatable bonds is 4. The predicted octanol–water partition coefficient (Wildman–Crippen LogP) is 4.23. The smallest absolute Gasteiger partial charge is 0.152 e. The summed E-state index contributed by atoms with van der Waals surface area (Å²) in [6.07, 6.45) is 4.33. The first-order valence-corrected chi connectivity index (χ1v) is 8.74. The molecule has 132 valence electrons. The van der Waals surface area contributed by atoms with Crippen LogP contribution in [0.15, 0.2) is 54.7 Å². The lowest BCUT2D eigenvalue weighted by molar-refractivity contribution is 0.112. The van der Waals surface area contributed by atoms with E-state index >= 15 is 0 Å². The molecule has 3 aromatic rings. The Labute approximate surface area is 151 Å². The molecule has 0 atom stereocenters. The number of hydrogen-bond acceptors (Lipinski definition) is 4. The maximum absolute atomic E-state index is 13.0. The number of ether oxygens (including phenoxy) is 1. The van der Waals surface area contributed by atoms with Crippen molar-refractivity contribution in [3.63, 3.8) is 0 Å². The van der Waals surface area contributed by atoms with Crippen molar-refractivity contribution in [2.75, 3.05) is 18.0 Å². The first-order valence-electron chi connectivity index (χ1n) is 8.74. The Hall–Kier alpha value is -2.95. The van der Waals surface area contributed by atoms with Crippen LogP contribution in [0.3, 0.4) is 0 Å². The van der Waals surface area contributed by atoms with Gasteiger partial charge in [0.25, 0.3) is 0 Å². The van der Waals surface area contributed by atoms with Gasteiger partial charge in [-0.2, -0.15) is 0 Å². The van der Waals surface area contributed by atoms with Crippen LogP contribution < -0.4 is 9.64 Å². The van der Waals surface area contributed by atoms with E-state index in [1.54, 1.807) is 18.3 Å². The fourth-order valence-corrected chi connectivity index (χ4v) is 3.44. The van der Waals surface area contributed by atoms with Crippen LogP contribution >= 0.6 is 0 Å². The van der Waals surface area contributed by atoms with Crippen LogP contribution in [0.2, 0.25) is 0 Å². The van der Waals surface area contributed by atoms with E-state index in [0.29, 0.717) is 11.3 Å². The summed E-state index contributed by atoms with van der Waals surface area (Å²) in [6.45, 7) is 1.65. The van der Waals surface area contributed by atoms with E-state index < -0.39 is 0 Å². The minimum absolute atomic E-state index is 0.109. The number of piperidine rings is 1. The summed E-state index contributed by atoms with van der Waals surface area (Å²) in [7, 11) is 0. The van der Waals surface area contributed by atoms with Crippen molar-refractivity contribution in [1.29, 1.82) is 0 Å². The van der Waals surface area contributed by atoms with Gasteiger partial charge in [0.1, 0.15) is 23.5 Å². The molecule has 2 heterocycles. The van der Waals surface area contributed by atoms with Crippen molar-refractivity contribution in [2.45, 2.75) is 18.9 Å². The summed E-state index contributed by atoms with van der Waals surface area (Å²) in [5.74, 6) is 1.35. The van der Waals surface area contributed by atoms with Crippen LogP contribution in [0, 0.1) is 5.82 Å². The molecular formula is C21H19FN2O2. The van der Waals surface area contributed by atoms with Crippen LogP contribution in [-0.4, -0.2) is 30.5 Å². The van der Waals surface area contributed by atoms with E-state index in [2.05, 4.69) is 9.88 Å². The number of benzene rings is 2. The van der Waals surface area contributed by atoms with Crippen LogP contribution in [0.1, 0.15) is 23.2 Å². The van der Waals surface area contributed by atoms with Crippen LogP contribution in [0.25, 0.3) is 10.8 Å². The van der Waals surface area contributed by atoms with Gasteiger partial charge in [-0.05, 0) is 29.7 Å². The number of pyridine rings is 1. The number of aldehydes is 1. The van der Waals surface area contributed by atoms with Crippen molar-refractivity contribution in [3.8, 4) is 5.75 Å². The Morgan fingerprint density at radius 1 is 1.04 bits per heavy atom. The number of hydrogen-bond donors (Lipinski definition) is 0. The van der Waals surface area contributed by atoms with Gasteiger partial charge in [0.15, 0.2) is 6.29 Å². The first-order chi connectivity index (χ1) is 12.7. The molecule has 4 nitrogen and oxygen atoms in total. The summed E-state index contributed by atoms with van der Waals surface area (Å²) in [4.78, 5) is 18.0. The summed E-state index contributed by atoms with van der Waals surface area (Å²) < 4.78 is 19.0. The van der Waals surface area contributed by atoms with Gasteiger partial charge >= 0.3 is 0 Å². The molecule has 5 heteroatoms. The number of aromatic nitrogens is 1. The Morgan fingerprint density at radius 2 is 1.73 bits per heavy atom. The number of halogens is 1. The molecule has 1 saturated heterocycles. The highest BCUT2D eigenvalue weighted by molar-refractivity contribution is 6.02. The van der Waals surface area contributed by atoms with Crippen molar-refractivity contribution < 1.29 is 13.9 Å². The second kappa shape index (κ2) is 7.12. The third-order valence-corrected chi connectivity index (χ3v) is 4.79. The highest BCUT2D eigenvalue weighted by atomic mass is 19.1. The average Bonchev–Trinajstić information content (AvgIpc) is 2.69. The van der Waals surface area contributed by atoms with Crippen LogP contribution in [0.5, 0.6) is 5.75 Å². The fourth-order valence-electron chi connectivity index (χ4n) is 3.44. The number of fused-ring (bicyclic) bond motifs is 1. The predicted molar refractivity (Wildman–Crippen MR) is 99.4 cm³/mol. The molecule has 0 aliphatic carbocycles. The van der Waals surface area contributed by atoms with Gasteiger partial charge in [-0.1, -0.05) is 24.3 Å². The van der Waals surface area contributed by atoms with Gasteiger partial charge in [0.2, 0.25) is 0 Å². The van der Waals surface area contributed by atoms with Crippen molar-refractivity contribution in [3.05, 3.63) is 66.1 Å². The number of carbonyl (C=O) groups excluding carboxylic acids is 1.